The summed E-state index contributed by atoms with van der Waals surface area (Å²) >= 11 is 0. The van der Waals surface area contributed by atoms with Gasteiger partial charge in [-0.2, -0.15) is 0 Å². The van der Waals surface area contributed by atoms with E-state index in [1.807, 2.05) is 13.8 Å². The van der Waals surface area contributed by atoms with Crippen LogP contribution in [0, 0.1) is 11.8 Å². The summed E-state index contributed by atoms with van der Waals surface area (Å²) in [5.41, 5.74) is 0. The number of rotatable bonds is 0. The molecule has 0 bridgehead atoms. The highest BCUT2D eigenvalue weighted by atomic mass is 15.0. The zero-order valence-electron chi connectivity index (χ0n) is 6.98. The van der Waals surface area contributed by atoms with E-state index in [2.05, 4.69) is 10.6 Å². The van der Waals surface area contributed by atoms with Crippen molar-refractivity contribution in [2.75, 3.05) is 26.2 Å². The predicted octanol–water partition coefficient (Wildman–Crippen LogP) is 0.697. The van der Waals surface area contributed by atoms with Gasteiger partial charge in [0.1, 0.15) is 0 Å². The lowest BCUT2D eigenvalue weighted by Crippen LogP contribution is -2.19. The molecule has 62 valence electrons. The van der Waals surface area contributed by atoms with Crippen molar-refractivity contribution >= 4 is 0 Å². The quantitative estimate of drug-likeness (QED) is 0.523. The van der Waals surface area contributed by atoms with Gasteiger partial charge in [-0.15, -0.1) is 0 Å². The third-order valence-electron chi connectivity index (χ3n) is 2.29. The zero-order valence-corrected chi connectivity index (χ0v) is 6.98. The Morgan fingerprint density at radius 1 is 0.900 bits per heavy atom. The molecule has 0 radical (unpaired) electrons. The van der Waals surface area contributed by atoms with Crippen LogP contribution in [0.5, 0.6) is 0 Å². The molecule has 0 spiro atoms. The molecule has 2 N–H and O–H groups in total. The molecule has 2 heteroatoms. The van der Waals surface area contributed by atoms with Crippen molar-refractivity contribution in [1.82, 2.24) is 10.6 Å². The number of hydrogen-bond acceptors (Lipinski definition) is 2. The third-order valence-corrected chi connectivity index (χ3v) is 2.29. The third kappa shape index (κ3) is 1.50. The second kappa shape index (κ2) is 3.94. The van der Waals surface area contributed by atoms with Crippen LogP contribution in [0.4, 0.5) is 0 Å². The Hall–Kier alpha value is -0.0800. The molecule has 0 aliphatic carbocycles. The van der Waals surface area contributed by atoms with Crippen LogP contribution in [0.15, 0.2) is 0 Å². The second-order valence-electron chi connectivity index (χ2n) is 2.84. The minimum absolute atomic E-state index is 0. The van der Waals surface area contributed by atoms with Crippen molar-refractivity contribution < 1.29 is 1.43 Å². The second-order valence-corrected chi connectivity index (χ2v) is 2.84. The van der Waals surface area contributed by atoms with Crippen LogP contribution in [0.2, 0.25) is 0 Å². The molecule has 2 heterocycles. The Kier molecular flexibility index (Phi) is 3.16. The van der Waals surface area contributed by atoms with Crippen LogP contribution in [0.25, 0.3) is 0 Å². The van der Waals surface area contributed by atoms with Crippen molar-refractivity contribution in [2.45, 2.75) is 13.8 Å². The van der Waals surface area contributed by atoms with Crippen LogP contribution < -0.4 is 10.6 Å². The highest BCUT2D eigenvalue weighted by Crippen LogP contribution is 2.19. The van der Waals surface area contributed by atoms with Gasteiger partial charge in [0.15, 0.2) is 0 Å². The Morgan fingerprint density at radius 3 is 1.50 bits per heavy atom. The lowest BCUT2D eigenvalue weighted by Gasteiger charge is -2.01. The fraction of sp³-hybridized carbons (Fsp3) is 1.00. The SMILES string of the molecule is C1NCC2CNCC12.CC.[HH]. The van der Waals surface area contributed by atoms with Gasteiger partial charge >= 0.3 is 0 Å². The minimum Gasteiger partial charge on any atom is -0.316 e. The molecule has 2 saturated heterocycles. The first kappa shape index (κ1) is 8.02. The predicted molar refractivity (Wildman–Crippen MR) is 46.2 cm³/mol. The summed E-state index contributed by atoms with van der Waals surface area (Å²) in [6.45, 7) is 8.99. The van der Waals surface area contributed by atoms with E-state index in [-0.39, 0.29) is 1.43 Å². The topological polar surface area (TPSA) is 24.1 Å². The largest absolute Gasteiger partial charge is 0.316 e. The van der Waals surface area contributed by atoms with Crippen LogP contribution in [-0.4, -0.2) is 26.2 Å². The summed E-state index contributed by atoms with van der Waals surface area (Å²) in [4.78, 5) is 0. The van der Waals surface area contributed by atoms with Crippen LogP contribution in [0.1, 0.15) is 15.3 Å². The van der Waals surface area contributed by atoms with Gasteiger partial charge in [0.2, 0.25) is 0 Å². The fourth-order valence-corrected chi connectivity index (χ4v) is 1.72. The van der Waals surface area contributed by atoms with E-state index in [1.54, 1.807) is 0 Å². The average molecular weight is 144 g/mol. The van der Waals surface area contributed by atoms with Gasteiger partial charge in [-0.05, 0) is 38.0 Å². The average Bonchev–Trinajstić information content (AvgIpc) is 2.49. The molecular formula is C8H20N2. The highest BCUT2D eigenvalue weighted by Gasteiger charge is 2.30. The first-order valence-electron chi connectivity index (χ1n) is 4.38. The van der Waals surface area contributed by atoms with Gasteiger partial charge in [-0.3, -0.25) is 0 Å². The van der Waals surface area contributed by atoms with Crippen molar-refractivity contribution in [2.24, 2.45) is 11.8 Å². The Morgan fingerprint density at radius 2 is 1.20 bits per heavy atom. The molecule has 2 nitrogen and oxygen atoms in total. The van der Waals surface area contributed by atoms with Crippen LogP contribution in [0.3, 0.4) is 0 Å². The van der Waals surface area contributed by atoms with Gasteiger partial charge in [-0.25, -0.2) is 0 Å². The molecule has 2 aliphatic heterocycles. The summed E-state index contributed by atoms with van der Waals surface area (Å²) in [5.74, 6) is 1.91. The van der Waals surface area contributed by atoms with Gasteiger partial charge in [0.25, 0.3) is 0 Å². The molecule has 10 heavy (non-hydrogen) atoms. The summed E-state index contributed by atoms with van der Waals surface area (Å²) in [5, 5.41) is 6.77. The summed E-state index contributed by atoms with van der Waals surface area (Å²) in [6, 6.07) is 0. The first-order chi connectivity index (χ1) is 4.97. The van der Waals surface area contributed by atoms with Crippen molar-refractivity contribution in [3.05, 3.63) is 0 Å². The van der Waals surface area contributed by atoms with Crippen molar-refractivity contribution in [3.8, 4) is 0 Å². The lowest BCUT2D eigenvalue weighted by atomic mass is 10.0. The van der Waals surface area contributed by atoms with E-state index in [1.165, 1.54) is 26.2 Å². The molecule has 2 aliphatic rings. The number of nitrogens with one attached hydrogen (secondary N) is 2. The van der Waals surface area contributed by atoms with Gasteiger partial charge in [-0.1, -0.05) is 13.8 Å². The molecule has 0 aromatic carbocycles. The van der Waals surface area contributed by atoms with Crippen molar-refractivity contribution in [1.29, 1.82) is 0 Å². The van der Waals surface area contributed by atoms with E-state index in [0.717, 1.165) is 11.8 Å². The zero-order chi connectivity index (χ0) is 7.40. The molecule has 0 amide bonds. The normalized spacial score (nSPS) is 36.6. The summed E-state index contributed by atoms with van der Waals surface area (Å²) in [6.07, 6.45) is 0. The lowest BCUT2D eigenvalue weighted by molar-refractivity contribution is 0.533. The number of hydrogen-bond donors (Lipinski definition) is 2. The van der Waals surface area contributed by atoms with Gasteiger partial charge in [0, 0.05) is 1.43 Å². The van der Waals surface area contributed by atoms with Gasteiger partial charge in [0.05, 0.1) is 0 Å². The molecule has 0 aromatic heterocycles. The monoisotopic (exact) mass is 144 g/mol. The van der Waals surface area contributed by atoms with Gasteiger partial charge < -0.3 is 10.6 Å². The first-order valence-corrected chi connectivity index (χ1v) is 4.38. The molecule has 0 unspecified atom stereocenters. The van der Waals surface area contributed by atoms with E-state index in [0.29, 0.717) is 0 Å². The summed E-state index contributed by atoms with van der Waals surface area (Å²) in [7, 11) is 0. The number of fused-ring (bicyclic) bond motifs is 1. The highest BCUT2D eigenvalue weighted by molar-refractivity contribution is 4.88. The minimum atomic E-state index is 0. The molecule has 0 atom stereocenters. The summed E-state index contributed by atoms with van der Waals surface area (Å²) < 4.78 is 0. The Balaban J connectivity index is 0.000000311. The van der Waals surface area contributed by atoms with Crippen molar-refractivity contribution in [3.63, 3.8) is 0 Å². The Bertz CT molecular complexity index is 78.1. The maximum absolute atomic E-state index is 3.38. The van der Waals surface area contributed by atoms with E-state index < -0.39 is 0 Å². The maximum atomic E-state index is 3.38. The standard InChI is InChI=1S/C6H12N2.C2H6.H2/c1-5-2-8-4-6(5)3-7-1;1-2;/h5-8H,1-4H2;1-2H3;1H. The van der Waals surface area contributed by atoms with E-state index in [4.69, 9.17) is 0 Å². The fourth-order valence-electron chi connectivity index (χ4n) is 1.72. The molecule has 2 rings (SSSR count). The molecule has 0 aromatic rings. The van der Waals surface area contributed by atoms with Crippen LogP contribution in [-0.2, 0) is 0 Å². The molecule has 0 saturated carbocycles. The smallest absolute Gasteiger partial charge is 0 e. The molecule has 2 fully saturated rings. The van der Waals surface area contributed by atoms with E-state index >= 15 is 0 Å². The van der Waals surface area contributed by atoms with Crippen LogP contribution >= 0.6 is 0 Å². The molecular weight excluding hydrogens is 124 g/mol. The Labute approximate surface area is 64.9 Å². The maximum Gasteiger partial charge on any atom is 0 e. The van der Waals surface area contributed by atoms with E-state index in [9.17, 15) is 0 Å².